The molecule has 0 aliphatic carbocycles. The Labute approximate surface area is 147 Å². The number of nitrogens with one attached hydrogen (secondary N) is 1. The lowest BCUT2D eigenvalue weighted by atomic mass is 10.0. The fraction of sp³-hybridized carbons (Fsp3) is 0.556. The molecule has 0 spiro atoms. The Balaban J connectivity index is 1.50. The summed E-state index contributed by atoms with van der Waals surface area (Å²) in [5.41, 5.74) is 0.242. The van der Waals surface area contributed by atoms with E-state index in [4.69, 9.17) is 8.94 Å². The second kappa shape index (κ2) is 7.84. The lowest BCUT2D eigenvalue weighted by Gasteiger charge is -2.35. The van der Waals surface area contributed by atoms with Gasteiger partial charge in [0.05, 0.1) is 18.7 Å². The van der Waals surface area contributed by atoms with E-state index in [1.165, 1.54) is 0 Å². The maximum Gasteiger partial charge on any atom is 0.273 e. The number of carbonyl (C=O) groups is 1. The fourth-order valence-electron chi connectivity index (χ4n) is 3.13. The van der Waals surface area contributed by atoms with Crippen molar-refractivity contribution in [2.75, 3.05) is 13.1 Å². The molecular formula is C18H25N3O4. The lowest BCUT2D eigenvalue weighted by Crippen LogP contribution is -2.53. The van der Waals surface area contributed by atoms with E-state index >= 15 is 0 Å². The molecule has 0 bridgehead atoms. The van der Waals surface area contributed by atoms with Crippen molar-refractivity contribution in [1.82, 2.24) is 15.4 Å². The van der Waals surface area contributed by atoms with Gasteiger partial charge in [-0.05, 0) is 31.9 Å². The number of likely N-dealkylation sites (tertiary alicyclic amines) is 1. The summed E-state index contributed by atoms with van der Waals surface area (Å²) in [6, 6.07) is 5.31. The average molecular weight is 347 g/mol. The van der Waals surface area contributed by atoms with Crippen LogP contribution in [0, 0.1) is 6.92 Å². The third kappa shape index (κ3) is 4.49. The summed E-state index contributed by atoms with van der Waals surface area (Å²) in [4.78, 5) is 14.3. The topological polar surface area (TPSA) is 91.7 Å². The second-order valence-electron chi connectivity index (χ2n) is 6.61. The molecule has 7 nitrogen and oxygen atoms in total. The number of piperidine rings is 1. The summed E-state index contributed by atoms with van der Waals surface area (Å²) < 4.78 is 10.7. The molecule has 1 aliphatic rings. The highest BCUT2D eigenvalue weighted by molar-refractivity contribution is 5.92. The first-order chi connectivity index (χ1) is 12.0. The van der Waals surface area contributed by atoms with Crippen LogP contribution in [0.4, 0.5) is 0 Å². The molecule has 3 heterocycles. The van der Waals surface area contributed by atoms with Gasteiger partial charge in [-0.1, -0.05) is 12.1 Å². The van der Waals surface area contributed by atoms with Gasteiger partial charge in [0.2, 0.25) is 0 Å². The Hall–Kier alpha value is -2.12. The van der Waals surface area contributed by atoms with Crippen LogP contribution in [0.5, 0.6) is 0 Å². The molecule has 7 heteroatoms. The molecular weight excluding hydrogens is 322 g/mol. The summed E-state index contributed by atoms with van der Waals surface area (Å²) in [5.74, 6) is 2.19. The molecule has 3 rings (SSSR count). The smallest absolute Gasteiger partial charge is 0.273 e. The number of aliphatic hydroxyl groups excluding tert-OH is 1. The maximum atomic E-state index is 12.1. The first kappa shape index (κ1) is 17.7. The molecule has 2 atom stereocenters. The van der Waals surface area contributed by atoms with Gasteiger partial charge in [-0.3, -0.25) is 9.69 Å². The van der Waals surface area contributed by atoms with E-state index in [9.17, 15) is 9.90 Å². The van der Waals surface area contributed by atoms with Gasteiger partial charge in [-0.2, -0.15) is 0 Å². The van der Waals surface area contributed by atoms with Crippen molar-refractivity contribution >= 4 is 5.91 Å². The molecule has 0 radical (unpaired) electrons. The number of rotatable bonds is 6. The third-order valence-electron chi connectivity index (χ3n) is 4.44. The predicted octanol–water partition coefficient (Wildman–Crippen LogP) is 1.89. The zero-order valence-electron chi connectivity index (χ0n) is 14.7. The van der Waals surface area contributed by atoms with Crippen molar-refractivity contribution in [2.24, 2.45) is 0 Å². The Morgan fingerprint density at radius 2 is 2.24 bits per heavy atom. The molecule has 25 heavy (non-hydrogen) atoms. The summed E-state index contributed by atoms with van der Waals surface area (Å²) in [6.07, 6.45) is 2.04. The van der Waals surface area contributed by atoms with Crippen LogP contribution in [0.25, 0.3) is 0 Å². The normalized spacial score (nSPS) is 21.4. The van der Waals surface area contributed by atoms with Crippen molar-refractivity contribution < 1.29 is 18.8 Å². The highest BCUT2D eigenvalue weighted by atomic mass is 16.5. The molecule has 1 amide bonds. The standard InChI is InChI=1S/C18H25N3O4/c1-3-4-13-5-6-14(24-13)10-21-8-7-15(17(22)11-21)19-18(23)16-9-12(2)25-20-16/h5-6,9,15,17,22H,3-4,7-8,10-11H2,1-2H3,(H,19,23)/t15-,17-/m1/s1. The van der Waals surface area contributed by atoms with Crippen LogP contribution >= 0.6 is 0 Å². The fourth-order valence-corrected chi connectivity index (χ4v) is 3.13. The molecule has 1 fully saturated rings. The van der Waals surface area contributed by atoms with E-state index in [2.05, 4.69) is 22.3 Å². The van der Waals surface area contributed by atoms with E-state index < -0.39 is 6.10 Å². The first-order valence-electron chi connectivity index (χ1n) is 8.77. The van der Waals surface area contributed by atoms with E-state index in [0.717, 1.165) is 30.9 Å². The minimum Gasteiger partial charge on any atom is -0.465 e. The van der Waals surface area contributed by atoms with Crippen molar-refractivity contribution in [1.29, 1.82) is 0 Å². The van der Waals surface area contributed by atoms with Crippen molar-refractivity contribution in [3.63, 3.8) is 0 Å². The van der Waals surface area contributed by atoms with Crippen molar-refractivity contribution in [2.45, 2.75) is 51.8 Å². The Kier molecular flexibility index (Phi) is 5.55. The summed E-state index contributed by atoms with van der Waals surface area (Å²) >= 11 is 0. The second-order valence-corrected chi connectivity index (χ2v) is 6.61. The van der Waals surface area contributed by atoms with E-state index in [1.54, 1.807) is 13.0 Å². The van der Waals surface area contributed by atoms with Gasteiger partial charge in [0.25, 0.3) is 5.91 Å². The molecule has 0 unspecified atom stereocenters. The number of furan rings is 1. The van der Waals surface area contributed by atoms with Gasteiger partial charge in [0, 0.05) is 25.6 Å². The molecule has 0 aromatic carbocycles. The highest BCUT2D eigenvalue weighted by Gasteiger charge is 2.30. The molecule has 1 saturated heterocycles. The molecule has 2 N–H and O–H groups in total. The van der Waals surface area contributed by atoms with E-state index in [0.29, 0.717) is 25.3 Å². The van der Waals surface area contributed by atoms with Crippen molar-refractivity contribution in [3.8, 4) is 0 Å². The number of carbonyl (C=O) groups excluding carboxylic acids is 1. The van der Waals surface area contributed by atoms with Gasteiger partial charge in [0.1, 0.15) is 17.3 Å². The molecule has 1 aliphatic heterocycles. The number of nitrogens with zero attached hydrogens (tertiary/aromatic N) is 2. The maximum absolute atomic E-state index is 12.1. The minimum absolute atomic E-state index is 0.242. The largest absolute Gasteiger partial charge is 0.465 e. The number of aryl methyl sites for hydroxylation is 2. The van der Waals surface area contributed by atoms with Crippen LogP contribution in [-0.4, -0.2) is 46.3 Å². The number of β-amino-alcohol motifs (C(OH)–C–C–N with tert-alkyl or cyclic N) is 1. The lowest BCUT2D eigenvalue weighted by molar-refractivity contribution is 0.0323. The van der Waals surface area contributed by atoms with Crippen LogP contribution in [0.15, 0.2) is 27.1 Å². The van der Waals surface area contributed by atoms with Crippen molar-refractivity contribution in [3.05, 3.63) is 41.2 Å². The van der Waals surface area contributed by atoms with E-state index in [-0.39, 0.29) is 17.6 Å². The van der Waals surface area contributed by atoms with Gasteiger partial charge in [-0.15, -0.1) is 0 Å². The molecule has 2 aromatic heterocycles. The Morgan fingerprint density at radius 1 is 1.44 bits per heavy atom. The Morgan fingerprint density at radius 3 is 2.92 bits per heavy atom. The number of aliphatic hydroxyl groups is 1. The Bertz CT molecular complexity index is 709. The van der Waals surface area contributed by atoms with Crippen LogP contribution < -0.4 is 5.32 Å². The SMILES string of the molecule is CCCc1ccc(CN2CC[C@@H](NC(=O)c3cc(C)on3)[C@H](O)C2)o1. The van der Waals surface area contributed by atoms with Gasteiger partial charge in [-0.25, -0.2) is 0 Å². The number of hydrogen-bond donors (Lipinski definition) is 2. The van der Waals surface area contributed by atoms with Crippen LogP contribution in [-0.2, 0) is 13.0 Å². The van der Waals surface area contributed by atoms with E-state index in [1.807, 2.05) is 12.1 Å². The van der Waals surface area contributed by atoms with Gasteiger partial charge < -0.3 is 19.4 Å². The number of amides is 1. The number of aromatic nitrogens is 1. The summed E-state index contributed by atoms with van der Waals surface area (Å²) in [5, 5.41) is 16.9. The zero-order valence-corrected chi connectivity index (χ0v) is 14.7. The third-order valence-corrected chi connectivity index (χ3v) is 4.44. The minimum atomic E-state index is -0.629. The molecule has 0 saturated carbocycles. The average Bonchev–Trinajstić information content (AvgIpc) is 3.19. The quantitative estimate of drug-likeness (QED) is 0.829. The van der Waals surface area contributed by atoms with Crippen LogP contribution in [0.2, 0.25) is 0 Å². The zero-order chi connectivity index (χ0) is 17.8. The molecule has 136 valence electrons. The summed E-state index contributed by atoms with van der Waals surface area (Å²) in [7, 11) is 0. The van der Waals surface area contributed by atoms with Gasteiger partial charge >= 0.3 is 0 Å². The van der Waals surface area contributed by atoms with Crippen LogP contribution in [0.3, 0.4) is 0 Å². The van der Waals surface area contributed by atoms with Crippen LogP contribution in [0.1, 0.15) is 47.5 Å². The highest BCUT2D eigenvalue weighted by Crippen LogP contribution is 2.17. The summed E-state index contributed by atoms with van der Waals surface area (Å²) in [6.45, 7) is 5.80. The first-order valence-corrected chi connectivity index (χ1v) is 8.77. The van der Waals surface area contributed by atoms with Gasteiger partial charge in [0.15, 0.2) is 5.69 Å². The monoisotopic (exact) mass is 347 g/mol. The molecule has 2 aromatic rings. The number of hydrogen-bond acceptors (Lipinski definition) is 6. The predicted molar refractivity (Wildman–Crippen MR) is 91.1 cm³/mol.